The minimum Gasteiger partial charge on any atom is -0.493 e. The second-order valence-corrected chi connectivity index (χ2v) is 11.8. The minimum absolute atomic E-state index is 0.258. The van der Waals surface area contributed by atoms with Crippen molar-refractivity contribution in [2.75, 3.05) is 7.11 Å². The fraction of sp³-hybridized carbons (Fsp3) is 0.639. The summed E-state index contributed by atoms with van der Waals surface area (Å²) in [5.74, 6) is 1.36. The first-order chi connectivity index (χ1) is 19.1. The molecule has 214 valence electrons. The summed E-state index contributed by atoms with van der Waals surface area (Å²) in [6.45, 7) is 4.46. The van der Waals surface area contributed by atoms with Crippen LogP contribution in [0.4, 0.5) is 4.39 Å². The number of ether oxygens (including phenoxy) is 1. The Morgan fingerprint density at radius 1 is 0.795 bits per heavy atom. The van der Waals surface area contributed by atoms with E-state index in [1.165, 1.54) is 109 Å². The summed E-state index contributed by atoms with van der Waals surface area (Å²) < 4.78 is 20.9. The van der Waals surface area contributed by atoms with Crippen molar-refractivity contribution in [1.29, 1.82) is 5.26 Å². The van der Waals surface area contributed by atoms with Crippen LogP contribution in [0.2, 0.25) is 0 Å². The Hall–Kier alpha value is -2.34. The van der Waals surface area contributed by atoms with Crippen LogP contribution in [0.25, 0.3) is 11.1 Å². The first-order valence-corrected chi connectivity index (χ1v) is 16.0. The van der Waals surface area contributed by atoms with Gasteiger partial charge in [-0.1, -0.05) is 115 Å². The fourth-order valence-corrected chi connectivity index (χ4v) is 6.44. The van der Waals surface area contributed by atoms with Gasteiger partial charge in [0.2, 0.25) is 0 Å². The number of benzene rings is 2. The van der Waals surface area contributed by atoms with Crippen molar-refractivity contribution in [3.05, 3.63) is 52.8 Å². The Morgan fingerprint density at radius 2 is 1.41 bits per heavy atom. The predicted molar refractivity (Wildman–Crippen MR) is 163 cm³/mol. The summed E-state index contributed by atoms with van der Waals surface area (Å²) in [5.41, 5.74) is 4.00. The van der Waals surface area contributed by atoms with E-state index in [1.54, 1.807) is 0 Å². The van der Waals surface area contributed by atoms with Gasteiger partial charge in [-0.15, -0.1) is 0 Å². The quantitative estimate of drug-likeness (QED) is 0.189. The highest BCUT2D eigenvalue weighted by atomic mass is 19.1. The molecule has 1 fully saturated rings. The SMILES string of the molecule is CCCCCCCCCCC1CCC(c2ccc(-c3ccc(CCCCCC)c(F)c3OC)c(C#N)c2)CC1. The third kappa shape index (κ3) is 9.37. The van der Waals surface area contributed by atoms with E-state index in [4.69, 9.17) is 4.74 Å². The van der Waals surface area contributed by atoms with Crippen molar-refractivity contribution in [3.63, 3.8) is 0 Å². The first kappa shape index (κ1) is 31.2. The zero-order valence-electron chi connectivity index (χ0n) is 25.0. The third-order valence-electron chi connectivity index (χ3n) is 8.92. The van der Waals surface area contributed by atoms with E-state index in [0.29, 0.717) is 29.0 Å². The molecule has 3 rings (SSSR count). The van der Waals surface area contributed by atoms with Crippen LogP contribution >= 0.6 is 0 Å². The van der Waals surface area contributed by atoms with Gasteiger partial charge in [-0.3, -0.25) is 0 Å². The predicted octanol–water partition coefficient (Wildman–Crippen LogP) is 11.3. The van der Waals surface area contributed by atoms with Crippen molar-refractivity contribution in [3.8, 4) is 22.9 Å². The van der Waals surface area contributed by atoms with Crippen molar-refractivity contribution >= 4 is 0 Å². The lowest BCUT2D eigenvalue weighted by molar-refractivity contribution is 0.301. The van der Waals surface area contributed by atoms with Crippen LogP contribution in [0.1, 0.15) is 146 Å². The number of aryl methyl sites for hydroxylation is 1. The molecule has 0 unspecified atom stereocenters. The summed E-state index contributed by atoms with van der Waals surface area (Å²) >= 11 is 0. The lowest BCUT2D eigenvalue weighted by atomic mass is 9.76. The average molecular weight is 534 g/mol. The van der Waals surface area contributed by atoms with Crippen LogP contribution in [0.5, 0.6) is 5.75 Å². The average Bonchev–Trinajstić information content (AvgIpc) is 2.97. The highest BCUT2D eigenvalue weighted by Crippen LogP contribution is 2.41. The molecule has 2 aromatic carbocycles. The molecule has 0 heterocycles. The third-order valence-corrected chi connectivity index (χ3v) is 8.92. The van der Waals surface area contributed by atoms with E-state index in [0.717, 1.165) is 24.3 Å². The molecule has 0 amide bonds. The van der Waals surface area contributed by atoms with Crippen molar-refractivity contribution < 1.29 is 9.13 Å². The van der Waals surface area contributed by atoms with E-state index in [1.807, 2.05) is 18.2 Å². The zero-order valence-corrected chi connectivity index (χ0v) is 25.0. The normalized spacial score (nSPS) is 17.2. The van der Waals surface area contributed by atoms with Gasteiger partial charge >= 0.3 is 0 Å². The maximum Gasteiger partial charge on any atom is 0.168 e. The van der Waals surface area contributed by atoms with Gasteiger partial charge in [-0.25, -0.2) is 4.39 Å². The lowest BCUT2D eigenvalue weighted by Crippen LogP contribution is -2.13. The molecule has 1 aliphatic carbocycles. The maximum atomic E-state index is 15.4. The van der Waals surface area contributed by atoms with Crippen LogP contribution in [0, 0.1) is 23.1 Å². The molecule has 0 radical (unpaired) electrons. The zero-order chi connectivity index (χ0) is 27.9. The van der Waals surface area contributed by atoms with Crippen LogP contribution in [0.3, 0.4) is 0 Å². The fourth-order valence-electron chi connectivity index (χ4n) is 6.44. The number of hydrogen-bond acceptors (Lipinski definition) is 2. The standard InChI is InChI=1S/C36H52FNO/c1-4-6-8-10-11-12-13-14-16-28-18-20-29(21-19-28)31-23-24-33(32(26-31)27-38)34-25-22-30(17-15-9-7-5-2)35(37)36(34)39-3/h22-26,28-29H,4-21H2,1-3H3. The summed E-state index contributed by atoms with van der Waals surface area (Å²) in [6, 6.07) is 12.4. The smallest absolute Gasteiger partial charge is 0.168 e. The summed E-state index contributed by atoms with van der Waals surface area (Å²) in [5, 5.41) is 10.0. The number of rotatable bonds is 17. The van der Waals surface area contributed by atoms with E-state index < -0.39 is 0 Å². The Labute approximate surface area is 238 Å². The monoisotopic (exact) mass is 533 g/mol. The molecule has 1 aliphatic rings. The Kier molecular flexibility index (Phi) is 13.9. The van der Waals surface area contributed by atoms with Gasteiger partial charge in [0.15, 0.2) is 11.6 Å². The number of nitrogens with zero attached hydrogens (tertiary/aromatic N) is 1. The highest BCUT2D eigenvalue weighted by molar-refractivity contribution is 5.77. The van der Waals surface area contributed by atoms with Gasteiger partial charge in [0.1, 0.15) is 0 Å². The van der Waals surface area contributed by atoms with Crippen molar-refractivity contribution in [2.45, 2.75) is 135 Å². The Balaban J connectivity index is 1.57. The molecule has 2 nitrogen and oxygen atoms in total. The van der Waals surface area contributed by atoms with E-state index in [-0.39, 0.29) is 11.6 Å². The molecule has 0 saturated heterocycles. The largest absolute Gasteiger partial charge is 0.493 e. The number of halogens is 1. The van der Waals surface area contributed by atoms with E-state index in [2.05, 4.69) is 32.0 Å². The summed E-state index contributed by atoms with van der Waals surface area (Å²) in [4.78, 5) is 0. The van der Waals surface area contributed by atoms with Gasteiger partial charge in [0.05, 0.1) is 18.7 Å². The first-order valence-electron chi connectivity index (χ1n) is 16.0. The van der Waals surface area contributed by atoms with Gasteiger partial charge in [0.25, 0.3) is 0 Å². The van der Waals surface area contributed by atoms with E-state index in [9.17, 15) is 5.26 Å². The van der Waals surface area contributed by atoms with E-state index >= 15 is 4.39 Å². The molecule has 0 aliphatic heterocycles. The molecule has 0 atom stereocenters. The number of hydrogen-bond donors (Lipinski definition) is 0. The van der Waals surface area contributed by atoms with Crippen LogP contribution < -0.4 is 4.74 Å². The molecule has 0 N–H and O–H groups in total. The van der Waals surface area contributed by atoms with Crippen molar-refractivity contribution in [2.24, 2.45) is 5.92 Å². The second kappa shape index (κ2) is 17.4. The number of nitriles is 1. The molecule has 0 bridgehead atoms. The topological polar surface area (TPSA) is 33.0 Å². The van der Waals surface area contributed by atoms with Crippen molar-refractivity contribution in [1.82, 2.24) is 0 Å². The van der Waals surface area contributed by atoms with Crippen LogP contribution in [-0.2, 0) is 6.42 Å². The lowest BCUT2D eigenvalue weighted by Gasteiger charge is -2.29. The molecular weight excluding hydrogens is 481 g/mol. The van der Waals surface area contributed by atoms with Gasteiger partial charge < -0.3 is 4.74 Å². The Morgan fingerprint density at radius 3 is 2.05 bits per heavy atom. The molecule has 3 heteroatoms. The molecule has 39 heavy (non-hydrogen) atoms. The van der Waals surface area contributed by atoms with Crippen LogP contribution in [-0.4, -0.2) is 7.11 Å². The molecule has 2 aromatic rings. The summed E-state index contributed by atoms with van der Waals surface area (Å²) in [6.07, 6.45) is 22.6. The molecule has 0 aromatic heterocycles. The van der Waals surface area contributed by atoms with Gasteiger partial charge in [-0.2, -0.15) is 5.26 Å². The van der Waals surface area contributed by atoms with Crippen LogP contribution in [0.15, 0.2) is 30.3 Å². The number of unbranched alkanes of at least 4 members (excludes halogenated alkanes) is 10. The molecule has 0 spiro atoms. The minimum atomic E-state index is -0.283. The Bertz CT molecular complexity index is 1030. The second-order valence-electron chi connectivity index (χ2n) is 11.8. The molecule has 1 saturated carbocycles. The number of methoxy groups -OCH3 is 1. The molecular formula is C36H52FNO. The van der Waals surface area contributed by atoms with Gasteiger partial charge in [0, 0.05) is 11.1 Å². The highest BCUT2D eigenvalue weighted by Gasteiger charge is 2.24. The summed E-state index contributed by atoms with van der Waals surface area (Å²) in [7, 11) is 1.52. The maximum absolute atomic E-state index is 15.4. The van der Waals surface area contributed by atoms with Gasteiger partial charge in [-0.05, 0) is 67.6 Å².